The van der Waals surface area contributed by atoms with Crippen LogP contribution in [0.1, 0.15) is 42.1 Å². The maximum absolute atomic E-state index is 12.2. The molecular weight excluding hydrogens is 460 g/mol. The van der Waals surface area contributed by atoms with E-state index in [1.165, 1.54) is 12.1 Å². The van der Waals surface area contributed by atoms with Crippen molar-refractivity contribution >= 4 is 28.5 Å². The molecule has 0 bridgehead atoms. The third-order valence-electron chi connectivity index (χ3n) is 5.53. The van der Waals surface area contributed by atoms with Crippen LogP contribution < -0.4 is 0 Å². The van der Waals surface area contributed by atoms with Gasteiger partial charge in [-0.3, -0.25) is 4.79 Å². The number of rotatable bonds is 9. The van der Waals surface area contributed by atoms with Gasteiger partial charge < -0.3 is 29.5 Å². The fourth-order valence-corrected chi connectivity index (χ4v) is 4.33. The number of hydrogen-bond donors (Lipinski definition) is 4. The van der Waals surface area contributed by atoms with Gasteiger partial charge in [-0.15, -0.1) is 0 Å². The van der Waals surface area contributed by atoms with Gasteiger partial charge in [0.25, 0.3) is 0 Å². The fraction of sp³-hybridized carbons (Fsp3) is 0.400. The molecule has 0 unspecified atom stereocenters. The minimum absolute atomic E-state index is 0.00267. The monoisotopic (exact) mass is 482 g/mol. The summed E-state index contributed by atoms with van der Waals surface area (Å²) in [5.41, 5.74) is -0.195. The van der Waals surface area contributed by atoms with Crippen LogP contribution >= 0.6 is 0 Å². The zero-order valence-electron chi connectivity index (χ0n) is 17.6. The van der Waals surface area contributed by atoms with E-state index in [4.69, 9.17) is 9.26 Å². The lowest BCUT2D eigenvalue weighted by Gasteiger charge is -2.46. The molecule has 3 N–H and O–H groups in total. The van der Waals surface area contributed by atoms with E-state index in [0.717, 1.165) is 24.0 Å². The first-order valence-electron chi connectivity index (χ1n) is 9.80. The van der Waals surface area contributed by atoms with Crippen molar-refractivity contribution in [3.05, 3.63) is 41.3 Å². The summed E-state index contributed by atoms with van der Waals surface area (Å²) in [5, 5.41) is 32.2. The van der Waals surface area contributed by atoms with Crippen LogP contribution in [-0.4, -0.2) is 70.3 Å². The molecule has 1 aromatic heterocycles. The zero-order valence-corrected chi connectivity index (χ0v) is 18.5. The Morgan fingerprint density at radius 2 is 2.00 bits per heavy atom. The van der Waals surface area contributed by atoms with E-state index in [0.29, 0.717) is 0 Å². The number of nitrogens with zero attached hydrogens (tertiary/aromatic N) is 2. The lowest BCUT2D eigenvalue weighted by atomic mass is 9.89. The predicted molar refractivity (Wildman–Crippen MR) is 110 cm³/mol. The first-order chi connectivity index (χ1) is 15.5. The Morgan fingerprint density at radius 3 is 2.55 bits per heavy atom. The third kappa shape index (κ3) is 4.49. The first kappa shape index (κ1) is 24.0. The number of carboxylic acid groups (broad SMARTS) is 1. The van der Waals surface area contributed by atoms with Gasteiger partial charge >= 0.3 is 11.9 Å². The number of β-lactam (4-membered cyclic amide) rings is 1. The van der Waals surface area contributed by atoms with Crippen molar-refractivity contribution in [2.75, 3.05) is 6.61 Å². The summed E-state index contributed by atoms with van der Waals surface area (Å²) in [6.45, 7) is 2.58. The van der Waals surface area contributed by atoms with E-state index in [-0.39, 0.29) is 36.5 Å². The SMILES string of the molecule is C[C@@H]1CC(=O)N1[C@@H](C(=O)O)[C@](C)(c1cc(CCOC(=O)c2ccc(O)c(O)c2)on1)[SH](=O)=O. The van der Waals surface area contributed by atoms with Gasteiger partial charge in [-0.25, -0.2) is 18.0 Å². The molecule has 33 heavy (non-hydrogen) atoms. The molecule has 1 fully saturated rings. The third-order valence-corrected chi connectivity index (χ3v) is 6.76. The fourth-order valence-electron chi connectivity index (χ4n) is 3.60. The maximum atomic E-state index is 12.2. The number of phenols is 2. The van der Waals surface area contributed by atoms with Crippen molar-refractivity contribution in [2.24, 2.45) is 0 Å². The maximum Gasteiger partial charge on any atom is 0.338 e. The largest absolute Gasteiger partial charge is 0.504 e. The average molecular weight is 482 g/mol. The lowest BCUT2D eigenvalue weighted by Crippen LogP contribution is -2.65. The number of thiol groups is 1. The normalized spacial score (nSPS) is 18.5. The van der Waals surface area contributed by atoms with Crippen molar-refractivity contribution in [3.8, 4) is 11.5 Å². The van der Waals surface area contributed by atoms with Gasteiger partial charge in [0.05, 0.1) is 12.2 Å². The number of benzene rings is 1. The Kier molecular flexibility index (Phi) is 6.63. The summed E-state index contributed by atoms with van der Waals surface area (Å²) in [4.78, 5) is 37.0. The number of phenolic OH excluding ortho intramolecular Hbond substituents is 2. The minimum Gasteiger partial charge on any atom is -0.504 e. The van der Waals surface area contributed by atoms with Gasteiger partial charge in [0.2, 0.25) is 5.91 Å². The smallest absolute Gasteiger partial charge is 0.338 e. The van der Waals surface area contributed by atoms with Crippen molar-refractivity contribution in [1.29, 1.82) is 0 Å². The second-order valence-corrected chi connectivity index (χ2v) is 9.21. The van der Waals surface area contributed by atoms with Gasteiger partial charge in [-0.05, 0) is 32.0 Å². The highest BCUT2D eigenvalue weighted by Crippen LogP contribution is 2.37. The highest BCUT2D eigenvalue weighted by atomic mass is 32.2. The van der Waals surface area contributed by atoms with Crippen LogP contribution in [0.3, 0.4) is 0 Å². The van der Waals surface area contributed by atoms with Crippen LogP contribution in [0.2, 0.25) is 0 Å². The van der Waals surface area contributed by atoms with Crippen molar-refractivity contribution in [1.82, 2.24) is 10.1 Å². The summed E-state index contributed by atoms with van der Waals surface area (Å²) in [7, 11) is -3.41. The second-order valence-electron chi connectivity index (χ2n) is 7.77. The standard InChI is InChI=1S/C20H22N2O10S/c1-10-7-16(25)22(10)17(18(26)27)20(2,33(29)30)15-9-12(32-21-15)5-6-31-19(28)11-3-4-13(23)14(24)8-11/h3-4,8-10,17,23-24,33H,5-7H2,1-2H3,(H,26,27)/t10-,17+,20+/m1/s1. The molecular formula is C20H22N2O10S. The number of esters is 1. The number of amides is 1. The number of hydrogen-bond acceptors (Lipinski definition) is 10. The highest BCUT2D eigenvalue weighted by molar-refractivity contribution is 7.73. The molecule has 0 aliphatic carbocycles. The Balaban J connectivity index is 1.75. The Labute approximate surface area is 189 Å². The molecule has 12 nitrogen and oxygen atoms in total. The summed E-state index contributed by atoms with van der Waals surface area (Å²) in [6.07, 6.45) is 0.106. The van der Waals surface area contributed by atoms with Crippen molar-refractivity contribution in [2.45, 2.75) is 43.5 Å². The molecule has 1 aromatic carbocycles. The van der Waals surface area contributed by atoms with Gasteiger partial charge in [0, 0.05) is 24.9 Å². The molecule has 1 aliphatic rings. The molecule has 1 amide bonds. The molecule has 2 aromatic rings. The van der Waals surface area contributed by atoms with Crippen LogP contribution in [-0.2, 0) is 36.2 Å². The van der Waals surface area contributed by atoms with E-state index in [9.17, 15) is 38.1 Å². The predicted octanol–water partition coefficient (Wildman–Crippen LogP) is 0.386. The number of carbonyl (C=O) groups excluding carboxylic acids is 2. The Morgan fingerprint density at radius 1 is 1.30 bits per heavy atom. The van der Waals surface area contributed by atoms with Crippen molar-refractivity contribution < 1.29 is 47.4 Å². The molecule has 178 valence electrons. The van der Waals surface area contributed by atoms with Crippen LogP contribution in [0, 0.1) is 0 Å². The molecule has 13 heteroatoms. The van der Waals surface area contributed by atoms with E-state index in [1.807, 2.05) is 0 Å². The molecule has 0 saturated carbocycles. The topological polar surface area (TPSA) is 185 Å². The van der Waals surface area contributed by atoms with Gasteiger partial charge in [-0.2, -0.15) is 0 Å². The van der Waals surface area contributed by atoms with E-state index < -0.39 is 56.9 Å². The summed E-state index contributed by atoms with van der Waals surface area (Å²) >= 11 is 0. The summed E-state index contributed by atoms with van der Waals surface area (Å²) < 4.78 is 32.5. The molecule has 3 atom stereocenters. The quantitative estimate of drug-likeness (QED) is 0.168. The van der Waals surface area contributed by atoms with Gasteiger partial charge in [0.15, 0.2) is 28.2 Å². The Hall–Kier alpha value is -3.61. The number of aromatic nitrogens is 1. The van der Waals surface area contributed by atoms with E-state index >= 15 is 0 Å². The van der Waals surface area contributed by atoms with Crippen LogP contribution in [0.4, 0.5) is 0 Å². The molecule has 3 rings (SSSR count). The molecule has 1 saturated heterocycles. The number of carboxylic acids is 1. The number of aliphatic carboxylic acids is 1. The Bertz CT molecular complexity index is 1170. The van der Waals surface area contributed by atoms with E-state index in [2.05, 4.69) is 5.16 Å². The van der Waals surface area contributed by atoms with Crippen LogP contribution in [0.15, 0.2) is 28.8 Å². The van der Waals surface area contributed by atoms with Gasteiger partial charge in [-0.1, -0.05) is 5.16 Å². The zero-order chi connectivity index (χ0) is 24.5. The average Bonchev–Trinajstić information content (AvgIpc) is 3.22. The summed E-state index contributed by atoms with van der Waals surface area (Å²) in [5.74, 6) is -3.51. The van der Waals surface area contributed by atoms with Crippen LogP contribution in [0.25, 0.3) is 0 Å². The number of likely N-dealkylation sites (tertiary alicyclic amines) is 1. The molecule has 0 spiro atoms. The molecule has 2 heterocycles. The first-order valence-corrected chi connectivity index (χ1v) is 11.0. The van der Waals surface area contributed by atoms with Crippen molar-refractivity contribution in [3.63, 3.8) is 0 Å². The lowest BCUT2D eigenvalue weighted by molar-refractivity contribution is -0.163. The highest BCUT2D eigenvalue weighted by Gasteiger charge is 2.55. The second kappa shape index (κ2) is 9.10. The minimum atomic E-state index is -3.41. The van der Waals surface area contributed by atoms with Crippen LogP contribution in [0.5, 0.6) is 11.5 Å². The summed E-state index contributed by atoms with van der Waals surface area (Å²) in [6, 6.07) is 2.51. The number of aromatic hydroxyl groups is 2. The van der Waals surface area contributed by atoms with Gasteiger partial charge in [0.1, 0.15) is 16.2 Å². The molecule has 0 radical (unpaired) electrons. The molecule has 1 aliphatic heterocycles. The van der Waals surface area contributed by atoms with E-state index in [1.54, 1.807) is 6.92 Å². The number of ether oxygens (including phenoxy) is 1. The number of carbonyl (C=O) groups is 3.